The predicted octanol–water partition coefficient (Wildman–Crippen LogP) is 3.10. The molecule has 1 aromatic rings. The van der Waals surface area contributed by atoms with Crippen LogP contribution in [0, 0.1) is 0 Å². The number of benzene rings is 1. The molecule has 0 aliphatic rings. The number of nitrogens with one attached hydrogen (secondary N) is 1. The zero-order valence-corrected chi connectivity index (χ0v) is 14.4. The van der Waals surface area contributed by atoms with E-state index >= 15 is 0 Å². The second-order valence-corrected chi connectivity index (χ2v) is 5.11. The molecule has 0 saturated carbocycles. The SMILES string of the molecule is CCOC(=O)NN(C(=O)OCC)C(CCCC(=O)O)c1ccccc1. The maximum Gasteiger partial charge on any atom is 0.429 e. The molecule has 0 saturated heterocycles. The van der Waals surface area contributed by atoms with Gasteiger partial charge in [-0.25, -0.2) is 20.0 Å². The van der Waals surface area contributed by atoms with Gasteiger partial charge in [-0.2, -0.15) is 0 Å². The molecule has 0 radical (unpaired) electrons. The van der Waals surface area contributed by atoms with Crippen LogP contribution in [0.5, 0.6) is 0 Å². The fraction of sp³-hybridized carbons (Fsp3) is 0.471. The highest BCUT2D eigenvalue weighted by Gasteiger charge is 2.28. The van der Waals surface area contributed by atoms with Crippen molar-refractivity contribution in [3.63, 3.8) is 0 Å². The van der Waals surface area contributed by atoms with Crippen molar-refractivity contribution in [2.75, 3.05) is 13.2 Å². The summed E-state index contributed by atoms with van der Waals surface area (Å²) in [7, 11) is 0. The standard InChI is InChI=1S/C17H24N2O6/c1-3-24-16(22)18-19(17(23)25-4-2)14(11-8-12-15(20)21)13-9-6-5-7-10-13/h5-7,9-10,14H,3-4,8,11-12H2,1-2H3,(H,18,22)(H,20,21). The molecule has 0 spiro atoms. The Hall–Kier alpha value is -2.77. The van der Waals surface area contributed by atoms with Crippen LogP contribution in [0.2, 0.25) is 0 Å². The van der Waals surface area contributed by atoms with E-state index in [1.165, 1.54) is 0 Å². The Bertz CT molecular complexity index is 564. The molecule has 2 amide bonds. The largest absolute Gasteiger partial charge is 0.481 e. The zero-order valence-electron chi connectivity index (χ0n) is 14.4. The van der Waals surface area contributed by atoms with Crippen molar-refractivity contribution in [1.29, 1.82) is 0 Å². The molecule has 25 heavy (non-hydrogen) atoms. The molecule has 0 aliphatic carbocycles. The first-order chi connectivity index (χ1) is 12.0. The third kappa shape index (κ3) is 7.11. The Balaban J connectivity index is 3.05. The molecular weight excluding hydrogens is 328 g/mol. The van der Waals surface area contributed by atoms with Crippen molar-refractivity contribution >= 4 is 18.2 Å². The molecule has 0 bridgehead atoms. The smallest absolute Gasteiger partial charge is 0.429 e. The molecule has 1 atom stereocenters. The molecule has 1 aromatic carbocycles. The molecule has 138 valence electrons. The van der Waals surface area contributed by atoms with Crippen LogP contribution in [0.15, 0.2) is 30.3 Å². The van der Waals surface area contributed by atoms with Gasteiger partial charge in [0, 0.05) is 6.42 Å². The number of carboxylic acids is 1. The summed E-state index contributed by atoms with van der Waals surface area (Å²) in [6, 6.07) is 8.43. The van der Waals surface area contributed by atoms with Crippen molar-refractivity contribution in [1.82, 2.24) is 10.4 Å². The van der Waals surface area contributed by atoms with Crippen LogP contribution in [0.4, 0.5) is 9.59 Å². The maximum atomic E-state index is 12.3. The number of ether oxygens (including phenoxy) is 2. The summed E-state index contributed by atoms with van der Waals surface area (Å²) < 4.78 is 9.85. The van der Waals surface area contributed by atoms with Gasteiger partial charge >= 0.3 is 18.2 Å². The molecule has 0 heterocycles. The Morgan fingerprint density at radius 3 is 2.32 bits per heavy atom. The lowest BCUT2D eigenvalue weighted by atomic mass is 10.0. The van der Waals surface area contributed by atoms with Gasteiger partial charge in [-0.05, 0) is 32.3 Å². The normalized spacial score (nSPS) is 11.3. The van der Waals surface area contributed by atoms with Gasteiger partial charge in [0.05, 0.1) is 19.3 Å². The number of hydrogen-bond acceptors (Lipinski definition) is 5. The van der Waals surface area contributed by atoms with E-state index in [0.29, 0.717) is 12.8 Å². The molecule has 1 rings (SSSR count). The third-order valence-corrected chi connectivity index (χ3v) is 3.32. The summed E-state index contributed by atoms with van der Waals surface area (Å²) >= 11 is 0. The summed E-state index contributed by atoms with van der Waals surface area (Å²) in [6.45, 7) is 3.59. The minimum atomic E-state index is -0.923. The fourth-order valence-corrected chi connectivity index (χ4v) is 2.27. The molecule has 1 unspecified atom stereocenters. The van der Waals surface area contributed by atoms with E-state index < -0.39 is 24.2 Å². The van der Waals surface area contributed by atoms with Crippen molar-refractivity contribution in [3.05, 3.63) is 35.9 Å². The van der Waals surface area contributed by atoms with Gasteiger partial charge in [0.15, 0.2) is 0 Å². The lowest BCUT2D eigenvalue weighted by Gasteiger charge is -2.30. The fourth-order valence-electron chi connectivity index (χ4n) is 2.27. The number of carboxylic acid groups (broad SMARTS) is 1. The van der Waals surface area contributed by atoms with E-state index in [-0.39, 0.29) is 19.6 Å². The van der Waals surface area contributed by atoms with E-state index in [1.807, 2.05) is 6.07 Å². The molecule has 8 heteroatoms. The Labute approximate surface area is 146 Å². The molecule has 0 fully saturated rings. The number of nitrogens with zero attached hydrogens (tertiary/aromatic N) is 1. The topological polar surface area (TPSA) is 105 Å². The lowest BCUT2D eigenvalue weighted by Crippen LogP contribution is -2.48. The first-order valence-corrected chi connectivity index (χ1v) is 8.15. The molecule has 0 aliphatic heterocycles. The van der Waals surface area contributed by atoms with Crippen LogP contribution in [0.3, 0.4) is 0 Å². The summed E-state index contributed by atoms with van der Waals surface area (Å²) in [5.74, 6) is -0.923. The van der Waals surface area contributed by atoms with Gasteiger partial charge in [-0.3, -0.25) is 4.79 Å². The highest BCUT2D eigenvalue weighted by molar-refractivity contribution is 5.74. The van der Waals surface area contributed by atoms with Crippen LogP contribution in [0.1, 0.15) is 44.7 Å². The van der Waals surface area contributed by atoms with Gasteiger partial charge < -0.3 is 14.6 Å². The highest BCUT2D eigenvalue weighted by Crippen LogP contribution is 2.26. The Morgan fingerprint density at radius 1 is 1.12 bits per heavy atom. The van der Waals surface area contributed by atoms with Crippen LogP contribution in [0.25, 0.3) is 0 Å². The third-order valence-electron chi connectivity index (χ3n) is 3.32. The van der Waals surface area contributed by atoms with Crippen molar-refractivity contribution in [3.8, 4) is 0 Å². The van der Waals surface area contributed by atoms with Crippen LogP contribution < -0.4 is 5.43 Å². The molecule has 8 nitrogen and oxygen atoms in total. The summed E-state index contributed by atoms with van der Waals surface area (Å²) in [6.07, 6.45) is -0.898. The number of carbonyl (C=O) groups is 3. The van der Waals surface area contributed by atoms with Gasteiger partial charge in [-0.15, -0.1) is 0 Å². The summed E-state index contributed by atoms with van der Waals surface area (Å²) in [5, 5.41) is 9.90. The second kappa shape index (κ2) is 10.9. The lowest BCUT2D eigenvalue weighted by molar-refractivity contribution is -0.137. The Kier molecular flexibility index (Phi) is 8.84. The predicted molar refractivity (Wildman–Crippen MR) is 89.7 cm³/mol. The molecule has 0 aromatic heterocycles. The van der Waals surface area contributed by atoms with Gasteiger partial charge in [0.1, 0.15) is 0 Å². The van der Waals surface area contributed by atoms with E-state index in [2.05, 4.69) is 5.43 Å². The minimum Gasteiger partial charge on any atom is -0.481 e. The molecule has 2 N–H and O–H groups in total. The second-order valence-electron chi connectivity index (χ2n) is 5.11. The Morgan fingerprint density at radius 2 is 1.76 bits per heavy atom. The van der Waals surface area contributed by atoms with Crippen LogP contribution in [-0.4, -0.2) is 41.5 Å². The van der Waals surface area contributed by atoms with Gasteiger partial charge in [0.2, 0.25) is 0 Å². The van der Waals surface area contributed by atoms with Crippen molar-refractivity contribution in [2.45, 2.75) is 39.2 Å². The highest BCUT2D eigenvalue weighted by atomic mass is 16.6. The summed E-state index contributed by atoms with van der Waals surface area (Å²) in [5.41, 5.74) is 3.14. The monoisotopic (exact) mass is 352 g/mol. The van der Waals surface area contributed by atoms with Crippen molar-refractivity contribution in [2.24, 2.45) is 0 Å². The maximum absolute atomic E-state index is 12.3. The first-order valence-electron chi connectivity index (χ1n) is 8.15. The van der Waals surface area contributed by atoms with Gasteiger partial charge in [0.25, 0.3) is 0 Å². The molecular formula is C17H24N2O6. The van der Waals surface area contributed by atoms with E-state index in [9.17, 15) is 14.4 Å². The van der Waals surface area contributed by atoms with Gasteiger partial charge in [-0.1, -0.05) is 30.3 Å². The number of amides is 2. The summed E-state index contributed by atoms with van der Waals surface area (Å²) in [4.78, 5) is 34.9. The van der Waals surface area contributed by atoms with Crippen molar-refractivity contribution < 1.29 is 29.0 Å². The van der Waals surface area contributed by atoms with Crippen LogP contribution in [-0.2, 0) is 14.3 Å². The quantitative estimate of drug-likeness (QED) is 0.697. The average molecular weight is 352 g/mol. The van der Waals surface area contributed by atoms with E-state index in [1.54, 1.807) is 38.1 Å². The van der Waals surface area contributed by atoms with Crippen LogP contribution >= 0.6 is 0 Å². The minimum absolute atomic E-state index is 0.0423. The van der Waals surface area contributed by atoms with E-state index in [0.717, 1.165) is 10.6 Å². The number of aliphatic carboxylic acids is 1. The zero-order chi connectivity index (χ0) is 18.7. The number of hydrazine groups is 1. The average Bonchev–Trinajstić information content (AvgIpc) is 2.58. The number of rotatable bonds is 8. The number of carbonyl (C=O) groups excluding carboxylic acids is 2. The number of hydrogen-bond donors (Lipinski definition) is 2. The first kappa shape index (κ1) is 20.3. The van der Waals surface area contributed by atoms with E-state index in [4.69, 9.17) is 14.6 Å².